The van der Waals surface area contributed by atoms with Gasteiger partial charge in [-0.05, 0) is 6.92 Å². The van der Waals surface area contributed by atoms with Crippen molar-refractivity contribution >= 4 is 81.2 Å². The van der Waals surface area contributed by atoms with Gasteiger partial charge in [-0.3, -0.25) is 0 Å². The maximum absolute atomic E-state index is 6.04. The average molecular weight is 355 g/mol. The Labute approximate surface area is 125 Å². The molecule has 0 amide bonds. The minimum Gasteiger partial charge on any atom is -0.125 e. The Balaban J connectivity index is 4.36. The summed E-state index contributed by atoms with van der Waals surface area (Å²) in [6.07, 6.45) is 0. The molecule has 0 rings (SSSR count). The molecule has 0 heterocycles. The van der Waals surface area contributed by atoms with Crippen LogP contribution in [0.15, 0.2) is 0 Å². The third kappa shape index (κ3) is 5.46. The fourth-order valence-corrected chi connectivity index (χ4v) is 2.89. The van der Waals surface area contributed by atoms with Crippen molar-refractivity contribution in [1.82, 2.24) is 0 Å². The number of rotatable bonds is 6. The molecule has 7 heteroatoms. The van der Waals surface area contributed by atoms with E-state index in [1.54, 1.807) is 6.92 Å². The summed E-state index contributed by atoms with van der Waals surface area (Å²) >= 11 is 41.3. The highest BCUT2D eigenvalue weighted by atomic mass is 35.5. The first-order valence-corrected chi connectivity index (χ1v) is 7.38. The van der Waals surface area contributed by atoms with E-state index in [2.05, 4.69) is 0 Å². The van der Waals surface area contributed by atoms with Crippen LogP contribution in [0, 0.1) is 0 Å². The van der Waals surface area contributed by atoms with E-state index in [1.165, 1.54) is 0 Å². The fraction of sp³-hybridized carbons (Fsp3) is 1.00. The van der Waals surface area contributed by atoms with Gasteiger partial charge in [-0.15, -0.1) is 81.2 Å². The van der Waals surface area contributed by atoms with Gasteiger partial charge in [0.05, 0.1) is 26.9 Å². The van der Waals surface area contributed by atoms with Crippen molar-refractivity contribution < 1.29 is 0 Å². The number of hydrogen-bond donors (Lipinski definition) is 0. The Morgan fingerprint density at radius 1 is 0.733 bits per heavy atom. The minimum atomic E-state index is -0.585. The van der Waals surface area contributed by atoms with Gasteiger partial charge >= 0.3 is 0 Å². The van der Waals surface area contributed by atoms with Gasteiger partial charge in [0, 0.05) is 11.3 Å². The molecule has 0 aliphatic heterocycles. The lowest BCUT2D eigenvalue weighted by molar-refractivity contribution is 0.660. The SMILES string of the molecule is CC(Cl)C(Cl)C(Cl)C(Cl)C(Cl)C(Cl)CCl. The van der Waals surface area contributed by atoms with E-state index in [-0.39, 0.29) is 11.3 Å². The molecule has 0 aliphatic carbocycles. The van der Waals surface area contributed by atoms with Gasteiger partial charge in [0.1, 0.15) is 0 Å². The molecule has 6 atom stereocenters. The van der Waals surface area contributed by atoms with Crippen LogP contribution in [0.25, 0.3) is 0 Å². The van der Waals surface area contributed by atoms with Crippen molar-refractivity contribution in [3.05, 3.63) is 0 Å². The van der Waals surface area contributed by atoms with Crippen LogP contribution in [-0.2, 0) is 0 Å². The Morgan fingerprint density at radius 2 is 1.13 bits per heavy atom. The zero-order chi connectivity index (χ0) is 12.2. The van der Waals surface area contributed by atoms with Gasteiger partial charge < -0.3 is 0 Å². The highest BCUT2D eigenvalue weighted by Crippen LogP contribution is 2.30. The van der Waals surface area contributed by atoms with Crippen molar-refractivity contribution in [2.45, 2.75) is 39.2 Å². The minimum absolute atomic E-state index is 0.200. The summed E-state index contributed by atoms with van der Waals surface area (Å²) in [6.45, 7) is 1.74. The molecular weight excluding hydrogens is 344 g/mol. The Bertz CT molecular complexity index is 174. The van der Waals surface area contributed by atoms with Crippen LogP contribution < -0.4 is 0 Å². The molecule has 0 spiro atoms. The third-order valence-corrected chi connectivity index (χ3v) is 5.99. The summed E-state index contributed by atoms with van der Waals surface area (Å²) in [5, 5.41) is -2.93. The molecular formula is C8H11Cl7. The summed E-state index contributed by atoms with van der Waals surface area (Å²) in [6, 6.07) is 0. The van der Waals surface area contributed by atoms with Crippen LogP contribution in [0.1, 0.15) is 6.92 Å². The largest absolute Gasteiger partial charge is 0.125 e. The summed E-state index contributed by atoms with van der Waals surface area (Å²) < 4.78 is 0. The Kier molecular flexibility index (Phi) is 9.30. The second-order valence-corrected chi connectivity index (χ2v) is 6.70. The van der Waals surface area contributed by atoms with Gasteiger partial charge in [0.25, 0.3) is 0 Å². The first-order chi connectivity index (χ1) is 6.82. The zero-order valence-corrected chi connectivity index (χ0v) is 13.1. The molecule has 0 bridgehead atoms. The van der Waals surface area contributed by atoms with E-state index < -0.39 is 26.9 Å². The Morgan fingerprint density at radius 3 is 1.47 bits per heavy atom. The van der Waals surface area contributed by atoms with E-state index in [9.17, 15) is 0 Å². The molecule has 0 nitrogen and oxygen atoms in total. The first-order valence-electron chi connectivity index (χ1n) is 4.23. The van der Waals surface area contributed by atoms with Crippen LogP contribution in [0.5, 0.6) is 0 Å². The summed E-state index contributed by atoms with van der Waals surface area (Å²) in [7, 11) is 0. The quantitative estimate of drug-likeness (QED) is 0.595. The van der Waals surface area contributed by atoms with Crippen molar-refractivity contribution in [3.63, 3.8) is 0 Å². The summed E-state index contributed by atoms with van der Waals surface area (Å²) in [5.41, 5.74) is 0. The average Bonchev–Trinajstić information content (AvgIpc) is 2.23. The predicted molar refractivity (Wildman–Crippen MR) is 74.2 cm³/mol. The highest BCUT2D eigenvalue weighted by molar-refractivity contribution is 6.41. The van der Waals surface area contributed by atoms with E-state index in [4.69, 9.17) is 81.2 Å². The smallest absolute Gasteiger partial charge is 0.0693 e. The second-order valence-electron chi connectivity index (χ2n) is 3.13. The van der Waals surface area contributed by atoms with Crippen molar-refractivity contribution in [1.29, 1.82) is 0 Å². The van der Waals surface area contributed by atoms with Crippen molar-refractivity contribution in [3.8, 4) is 0 Å². The van der Waals surface area contributed by atoms with Crippen molar-refractivity contribution in [2.24, 2.45) is 0 Å². The Hall–Kier alpha value is 2.03. The monoisotopic (exact) mass is 352 g/mol. The number of hydrogen-bond acceptors (Lipinski definition) is 0. The normalized spacial score (nSPS) is 24.0. The van der Waals surface area contributed by atoms with Gasteiger partial charge in [-0.1, -0.05) is 0 Å². The third-order valence-electron chi connectivity index (χ3n) is 1.84. The fourth-order valence-electron chi connectivity index (χ4n) is 0.889. The molecule has 0 aromatic heterocycles. The van der Waals surface area contributed by atoms with E-state index in [0.717, 1.165) is 0 Å². The molecule has 6 unspecified atom stereocenters. The lowest BCUT2D eigenvalue weighted by Gasteiger charge is -2.27. The molecule has 92 valence electrons. The van der Waals surface area contributed by atoms with Crippen LogP contribution in [0.2, 0.25) is 0 Å². The maximum atomic E-state index is 6.04. The molecule has 0 aromatic rings. The molecule has 15 heavy (non-hydrogen) atoms. The lowest BCUT2D eigenvalue weighted by atomic mass is 10.1. The van der Waals surface area contributed by atoms with E-state index >= 15 is 0 Å². The first kappa shape index (κ1) is 17.0. The van der Waals surface area contributed by atoms with Crippen LogP contribution in [0.3, 0.4) is 0 Å². The maximum Gasteiger partial charge on any atom is 0.0693 e. The lowest BCUT2D eigenvalue weighted by Crippen LogP contribution is -2.40. The van der Waals surface area contributed by atoms with Gasteiger partial charge in [0.2, 0.25) is 0 Å². The molecule has 0 aromatic carbocycles. The van der Waals surface area contributed by atoms with E-state index in [0.29, 0.717) is 0 Å². The molecule has 0 radical (unpaired) electrons. The van der Waals surface area contributed by atoms with Crippen LogP contribution >= 0.6 is 81.2 Å². The molecule has 0 saturated carbocycles. The second kappa shape index (κ2) is 8.19. The molecule has 0 N–H and O–H groups in total. The highest BCUT2D eigenvalue weighted by Gasteiger charge is 2.35. The number of alkyl halides is 7. The molecule has 0 saturated heterocycles. The van der Waals surface area contributed by atoms with Gasteiger partial charge in [0.15, 0.2) is 0 Å². The predicted octanol–water partition coefficient (Wildman–Crippen LogP) is 4.89. The summed E-state index contributed by atoms with van der Waals surface area (Å²) in [5.74, 6) is 0.200. The van der Waals surface area contributed by atoms with Crippen LogP contribution in [-0.4, -0.2) is 38.1 Å². The van der Waals surface area contributed by atoms with Crippen molar-refractivity contribution in [2.75, 3.05) is 5.88 Å². The van der Waals surface area contributed by atoms with Gasteiger partial charge in [-0.2, -0.15) is 0 Å². The number of halogens is 7. The molecule has 0 aliphatic rings. The van der Waals surface area contributed by atoms with Gasteiger partial charge in [-0.25, -0.2) is 0 Å². The molecule has 0 fully saturated rings. The standard InChI is InChI=1S/C8H11Cl7/c1-3(10)5(12)7(14)8(15)6(13)4(11)2-9/h3-8H,2H2,1H3. The van der Waals surface area contributed by atoms with E-state index in [1.807, 2.05) is 0 Å². The van der Waals surface area contributed by atoms with Crippen LogP contribution in [0.4, 0.5) is 0 Å². The topological polar surface area (TPSA) is 0 Å². The zero-order valence-electron chi connectivity index (χ0n) is 7.82. The summed E-state index contributed by atoms with van der Waals surface area (Å²) in [4.78, 5) is 0.